The quantitative estimate of drug-likeness (QED) is 0.506. The van der Waals surface area contributed by atoms with Gasteiger partial charge in [0.2, 0.25) is 0 Å². The van der Waals surface area contributed by atoms with Gasteiger partial charge in [-0.3, -0.25) is 0 Å². The zero-order valence-electron chi connectivity index (χ0n) is 7.76. The molecule has 0 aliphatic heterocycles. The number of nitrogens with one attached hydrogen (secondary N) is 1. The number of hydrogen-bond donors (Lipinski definition) is 1. The molecule has 2 heteroatoms. The Morgan fingerprint density at radius 1 is 1.38 bits per heavy atom. The van der Waals surface area contributed by atoms with E-state index in [0.29, 0.717) is 0 Å². The van der Waals surface area contributed by atoms with E-state index in [9.17, 15) is 0 Å². The molecule has 13 heavy (non-hydrogen) atoms. The first-order valence-corrected chi connectivity index (χ1v) is 5.52. The van der Waals surface area contributed by atoms with Crippen molar-refractivity contribution in [1.82, 2.24) is 0 Å². The molecule has 0 radical (unpaired) electrons. The first-order chi connectivity index (χ1) is 6.34. The van der Waals surface area contributed by atoms with Gasteiger partial charge in [0.1, 0.15) is 0 Å². The van der Waals surface area contributed by atoms with Crippen molar-refractivity contribution in [3.63, 3.8) is 0 Å². The highest BCUT2D eigenvalue weighted by Crippen LogP contribution is 2.16. The van der Waals surface area contributed by atoms with Crippen molar-refractivity contribution in [2.75, 3.05) is 11.9 Å². The number of hydrogen-bond acceptors (Lipinski definition) is 1. The van der Waals surface area contributed by atoms with E-state index in [0.717, 1.165) is 13.0 Å². The Morgan fingerprint density at radius 2 is 2.15 bits per heavy atom. The predicted molar refractivity (Wildman–Crippen MR) is 67.1 cm³/mol. The van der Waals surface area contributed by atoms with Gasteiger partial charge >= 0.3 is 0 Å². The molecular formula is C11H14IN. The molecule has 1 aromatic rings. The molecule has 0 atom stereocenters. The Bertz CT molecular complexity index is 281. The first kappa shape index (κ1) is 10.6. The average Bonchev–Trinajstić information content (AvgIpc) is 2.15. The lowest BCUT2D eigenvalue weighted by Crippen LogP contribution is -2.01. The van der Waals surface area contributed by atoms with Crippen LogP contribution in [0.3, 0.4) is 0 Å². The Hall–Kier alpha value is -0.510. The van der Waals surface area contributed by atoms with E-state index >= 15 is 0 Å². The second-order valence-corrected chi connectivity index (χ2v) is 3.93. The molecule has 1 N–H and O–H groups in total. The van der Waals surface area contributed by atoms with Gasteiger partial charge in [0.15, 0.2) is 0 Å². The van der Waals surface area contributed by atoms with Gasteiger partial charge < -0.3 is 5.32 Å². The zero-order valence-corrected chi connectivity index (χ0v) is 9.91. The molecule has 1 aromatic carbocycles. The van der Waals surface area contributed by atoms with E-state index in [4.69, 9.17) is 0 Å². The SMILES string of the molecule is C/C=C\CCNc1ccccc1I. The van der Waals surface area contributed by atoms with Gasteiger partial charge in [0, 0.05) is 15.8 Å². The maximum absolute atomic E-state index is 3.39. The van der Waals surface area contributed by atoms with Crippen molar-refractivity contribution >= 4 is 28.3 Å². The largest absolute Gasteiger partial charge is 0.384 e. The van der Waals surface area contributed by atoms with Crippen LogP contribution in [0.15, 0.2) is 36.4 Å². The lowest BCUT2D eigenvalue weighted by molar-refractivity contribution is 1.06. The summed E-state index contributed by atoms with van der Waals surface area (Å²) in [5.74, 6) is 0. The Kier molecular flexibility index (Phi) is 4.90. The number of para-hydroxylation sites is 1. The van der Waals surface area contributed by atoms with Crippen LogP contribution < -0.4 is 5.32 Å². The highest BCUT2D eigenvalue weighted by Gasteiger charge is 1.94. The molecule has 0 heterocycles. The van der Waals surface area contributed by atoms with Crippen molar-refractivity contribution < 1.29 is 0 Å². The van der Waals surface area contributed by atoms with Gasteiger partial charge in [-0.1, -0.05) is 24.3 Å². The van der Waals surface area contributed by atoms with Crippen LogP contribution in [0.2, 0.25) is 0 Å². The van der Waals surface area contributed by atoms with Gasteiger partial charge in [0.05, 0.1) is 0 Å². The Morgan fingerprint density at radius 3 is 2.85 bits per heavy atom. The summed E-state index contributed by atoms with van der Waals surface area (Å²) in [6, 6.07) is 8.33. The molecule has 1 nitrogen and oxygen atoms in total. The second kappa shape index (κ2) is 6.02. The van der Waals surface area contributed by atoms with Crippen LogP contribution in [0, 0.1) is 3.57 Å². The summed E-state index contributed by atoms with van der Waals surface area (Å²) in [6.45, 7) is 3.05. The van der Waals surface area contributed by atoms with E-state index in [1.54, 1.807) is 0 Å². The molecule has 0 spiro atoms. The number of rotatable bonds is 4. The second-order valence-electron chi connectivity index (χ2n) is 2.76. The molecular weight excluding hydrogens is 273 g/mol. The van der Waals surface area contributed by atoms with Gasteiger partial charge in [-0.25, -0.2) is 0 Å². The standard InChI is InChI=1S/C11H14IN/c1-2-3-6-9-13-11-8-5-4-7-10(11)12/h2-5,7-8,13H,6,9H2,1H3/b3-2-. The summed E-state index contributed by atoms with van der Waals surface area (Å²) in [6.07, 6.45) is 5.34. The van der Waals surface area contributed by atoms with Gasteiger partial charge in [0.25, 0.3) is 0 Å². The molecule has 0 bridgehead atoms. The van der Waals surface area contributed by atoms with Crippen LogP contribution in [-0.2, 0) is 0 Å². The van der Waals surface area contributed by atoms with Crippen molar-refractivity contribution in [1.29, 1.82) is 0 Å². The van der Waals surface area contributed by atoms with Crippen LogP contribution in [-0.4, -0.2) is 6.54 Å². The molecule has 70 valence electrons. The number of allylic oxidation sites excluding steroid dienone is 1. The maximum Gasteiger partial charge on any atom is 0.0475 e. The lowest BCUT2D eigenvalue weighted by atomic mass is 10.3. The van der Waals surface area contributed by atoms with E-state index in [1.165, 1.54) is 9.26 Å². The summed E-state index contributed by atoms with van der Waals surface area (Å²) in [4.78, 5) is 0. The van der Waals surface area contributed by atoms with Crippen LogP contribution >= 0.6 is 22.6 Å². The van der Waals surface area contributed by atoms with Gasteiger partial charge in [-0.15, -0.1) is 0 Å². The maximum atomic E-state index is 3.39. The fourth-order valence-corrected chi connectivity index (χ4v) is 1.64. The smallest absolute Gasteiger partial charge is 0.0475 e. The normalized spacial score (nSPS) is 10.6. The van der Waals surface area contributed by atoms with E-state index in [1.807, 2.05) is 6.92 Å². The molecule has 0 saturated carbocycles. The third-order valence-corrected chi connectivity index (χ3v) is 2.68. The molecule has 0 saturated heterocycles. The fraction of sp³-hybridized carbons (Fsp3) is 0.273. The van der Waals surface area contributed by atoms with Crippen molar-refractivity contribution in [2.45, 2.75) is 13.3 Å². The molecule has 0 fully saturated rings. The first-order valence-electron chi connectivity index (χ1n) is 4.44. The fourth-order valence-electron chi connectivity index (χ4n) is 1.06. The van der Waals surface area contributed by atoms with Crippen molar-refractivity contribution in [3.8, 4) is 0 Å². The molecule has 0 unspecified atom stereocenters. The van der Waals surface area contributed by atoms with Crippen molar-refractivity contribution in [3.05, 3.63) is 40.0 Å². The zero-order chi connectivity index (χ0) is 9.52. The summed E-state index contributed by atoms with van der Waals surface area (Å²) in [5, 5.41) is 3.39. The molecule has 0 amide bonds. The topological polar surface area (TPSA) is 12.0 Å². The number of benzene rings is 1. The van der Waals surface area contributed by atoms with Crippen molar-refractivity contribution in [2.24, 2.45) is 0 Å². The van der Waals surface area contributed by atoms with Crippen LogP contribution in [0.25, 0.3) is 0 Å². The minimum absolute atomic E-state index is 1.00. The molecule has 0 aliphatic rings. The highest BCUT2D eigenvalue weighted by molar-refractivity contribution is 14.1. The number of anilines is 1. The number of halogens is 1. The molecule has 1 rings (SSSR count). The van der Waals surface area contributed by atoms with Crippen LogP contribution in [0.1, 0.15) is 13.3 Å². The monoisotopic (exact) mass is 287 g/mol. The minimum Gasteiger partial charge on any atom is -0.384 e. The summed E-state index contributed by atoms with van der Waals surface area (Å²) >= 11 is 2.34. The van der Waals surface area contributed by atoms with Gasteiger partial charge in [-0.05, 0) is 48.1 Å². The summed E-state index contributed by atoms with van der Waals surface area (Å²) < 4.78 is 1.28. The average molecular weight is 287 g/mol. The van der Waals surface area contributed by atoms with Crippen LogP contribution in [0.4, 0.5) is 5.69 Å². The van der Waals surface area contributed by atoms with Gasteiger partial charge in [-0.2, -0.15) is 0 Å². The summed E-state index contributed by atoms with van der Waals surface area (Å²) in [7, 11) is 0. The van der Waals surface area contributed by atoms with E-state index in [2.05, 4.69) is 64.3 Å². The van der Waals surface area contributed by atoms with E-state index in [-0.39, 0.29) is 0 Å². The minimum atomic E-state index is 1.00. The third-order valence-electron chi connectivity index (χ3n) is 1.74. The summed E-state index contributed by atoms with van der Waals surface area (Å²) in [5.41, 5.74) is 1.23. The Balaban J connectivity index is 2.41. The van der Waals surface area contributed by atoms with E-state index < -0.39 is 0 Å². The molecule has 0 aliphatic carbocycles. The molecule has 0 aromatic heterocycles. The highest BCUT2D eigenvalue weighted by atomic mass is 127. The lowest BCUT2D eigenvalue weighted by Gasteiger charge is -2.05. The van der Waals surface area contributed by atoms with Crippen LogP contribution in [0.5, 0.6) is 0 Å². The Labute approximate surface area is 93.4 Å². The third kappa shape index (κ3) is 3.81. The predicted octanol–water partition coefficient (Wildman–Crippen LogP) is 3.67.